The Kier molecular flexibility index (Phi) is 4.25. The van der Waals surface area contributed by atoms with E-state index in [-0.39, 0.29) is 0 Å². The average molecular weight is 297 g/mol. The van der Waals surface area contributed by atoms with Gasteiger partial charge in [-0.05, 0) is 37.5 Å². The van der Waals surface area contributed by atoms with Gasteiger partial charge in [-0.25, -0.2) is 0 Å². The first-order valence-corrected chi connectivity index (χ1v) is 8.63. The normalized spacial score (nSPS) is 23.7. The number of benzene rings is 1. The highest BCUT2D eigenvalue weighted by atomic mass is 35.5. The van der Waals surface area contributed by atoms with E-state index in [0.717, 1.165) is 24.2 Å². The van der Waals surface area contributed by atoms with E-state index in [1.807, 2.05) is 11.8 Å². The van der Waals surface area contributed by atoms with Gasteiger partial charge in [0, 0.05) is 36.7 Å². The molecule has 0 spiro atoms. The summed E-state index contributed by atoms with van der Waals surface area (Å²) in [5.41, 5.74) is 2.49. The predicted octanol–water partition coefficient (Wildman–Crippen LogP) is 3.53. The van der Waals surface area contributed by atoms with Crippen molar-refractivity contribution in [1.29, 1.82) is 0 Å². The summed E-state index contributed by atoms with van der Waals surface area (Å²) in [5, 5.41) is 4.43. The van der Waals surface area contributed by atoms with E-state index < -0.39 is 0 Å². The molecule has 1 N–H and O–H groups in total. The number of rotatable bonds is 4. The second-order valence-corrected chi connectivity index (χ2v) is 7.12. The van der Waals surface area contributed by atoms with Crippen LogP contribution in [0.2, 0.25) is 5.02 Å². The fraction of sp³-hybridized carbons (Fsp3) is 0.600. The third kappa shape index (κ3) is 3.39. The van der Waals surface area contributed by atoms with Crippen molar-refractivity contribution in [2.75, 3.05) is 23.0 Å². The van der Waals surface area contributed by atoms with Gasteiger partial charge >= 0.3 is 0 Å². The molecule has 104 valence electrons. The van der Waals surface area contributed by atoms with Crippen LogP contribution in [0.15, 0.2) is 18.2 Å². The number of nitrogens with zero attached hydrogens (tertiary/aromatic N) is 1. The van der Waals surface area contributed by atoms with Gasteiger partial charge in [-0.15, -0.1) is 0 Å². The number of hydrogen-bond donors (Lipinski definition) is 1. The molecule has 2 nitrogen and oxygen atoms in total. The Morgan fingerprint density at radius 3 is 2.95 bits per heavy atom. The van der Waals surface area contributed by atoms with E-state index in [2.05, 4.69) is 35.3 Å². The van der Waals surface area contributed by atoms with E-state index >= 15 is 0 Å². The zero-order chi connectivity index (χ0) is 13.2. The van der Waals surface area contributed by atoms with Crippen LogP contribution in [0.3, 0.4) is 0 Å². The lowest BCUT2D eigenvalue weighted by Gasteiger charge is -2.35. The number of anilines is 1. The summed E-state index contributed by atoms with van der Waals surface area (Å²) in [7, 11) is 0. The number of halogens is 1. The molecule has 1 aliphatic heterocycles. The van der Waals surface area contributed by atoms with Gasteiger partial charge in [-0.3, -0.25) is 0 Å². The molecule has 0 amide bonds. The lowest BCUT2D eigenvalue weighted by Crippen LogP contribution is -2.40. The maximum atomic E-state index is 6.48. The van der Waals surface area contributed by atoms with E-state index in [4.69, 9.17) is 11.6 Å². The number of nitrogens with one attached hydrogen (secondary N) is 1. The van der Waals surface area contributed by atoms with Crippen molar-refractivity contribution >= 4 is 29.1 Å². The van der Waals surface area contributed by atoms with Gasteiger partial charge in [-0.2, -0.15) is 11.8 Å². The van der Waals surface area contributed by atoms with Gasteiger partial charge in [0.25, 0.3) is 0 Å². The third-order valence-electron chi connectivity index (χ3n) is 3.86. The van der Waals surface area contributed by atoms with Crippen molar-refractivity contribution in [3.8, 4) is 0 Å². The van der Waals surface area contributed by atoms with Crippen LogP contribution in [0.1, 0.15) is 25.3 Å². The minimum Gasteiger partial charge on any atom is -0.366 e. The summed E-state index contributed by atoms with van der Waals surface area (Å²) < 4.78 is 0. The smallest absolute Gasteiger partial charge is 0.0642 e. The van der Waals surface area contributed by atoms with Crippen molar-refractivity contribution in [2.24, 2.45) is 0 Å². The Morgan fingerprint density at radius 1 is 1.42 bits per heavy atom. The Labute approximate surface area is 124 Å². The molecule has 1 aromatic rings. The van der Waals surface area contributed by atoms with Crippen molar-refractivity contribution < 1.29 is 0 Å². The van der Waals surface area contributed by atoms with Crippen LogP contribution in [-0.2, 0) is 6.54 Å². The standard InChI is InChI=1S/C15H21ClN2S/c1-11-10-19-7-6-18(11)15-5-2-12(8-14(15)16)9-17-13-3-4-13/h2,5,8,11,13,17H,3-4,6-7,9-10H2,1H3. The summed E-state index contributed by atoms with van der Waals surface area (Å²) in [5.74, 6) is 2.40. The second kappa shape index (κ2) is 5.94. The molecular formula is C15H21ClN2S. The van der Waals surface area contributed by atoms with E-state index in [1.54, 1.807) is 0 Å². The summed E-state index contributed by atoms with van der Waals surface area (Å²) in [6, 6.07) is 7.86. The molecule has 19 heavy (non-hydrogen) atoms. The second-order valence-electron chi connectivity index (χ2n) is 5.56. The van der Waals surface area contributed by atoms with Crippen LogP contribution in [0.25, 0.3) is 0 Å². The Bertz CT molecular complexity index is 448. The highest BCUT2D eigenvalue weighted by Gasteiger charge is 2.22. The van der Waals surface area contributed by atoms with Crippen LogP contribution >= 0.6 is 23.4 Å². The zero-order valence-corrected chi connectivity index (χ0v) is 12.9. The molecule has 1 saturated carbocycles. The maximum Gasteiger partial charge on any atom is 0.0642 e. The largest absolute Gasteiger partial charge is 0.366 e. The van der Waals surface area contributed by atoms with Crippen molar-refractivity contribution in [1.82, 2.24) is 5.32 Å². The topological polar surface area (TPSA) is 15.3 Å². The highest BCUT2D eigenvalue weighted by molar-refractivity contribution is 7.99. The van der Waals surface area contributed by atoms with Crippen LogP contribution in [0.5, 0.6) is 0 Å². The quantitative estimate of drug-likeness (QED) is 0.915. The van der Waals surface area contributed by atoms with Crippen molar-refractivity contribution in [2.45, 2.75) is 38.4 Å². The number of thioether (sulfide) groups is 1. The third-order valence-corrected chi connectivity index (χ3v) is 5.35. The summed E-state index contributed by atoms with van der Waals surface area (Å²) in [6.45, 7) is 4.33. The molecular weight excluding hydrogens is 276 g/mol. The average Bonchev–Trinajstić information content (AvgIpc) is 3.22. The summed E-state index contributed by atoms with van der Waals surface area (Å²) in [6.07, 6.45) is 2.66. The minimum atomic E-state index is 0.576. The van der Waals surface area contributed by atoms with Crippen LogP contribution in [-0.4, -0.2) is 30.1 Å². The molecule has 1 aliphatic carbocycles. The van der Waals surface area contributed by atoms with Gasteiger partial charge in [0.05, 0.1) is 10.7 Å². The maximum absolute atomic E-state index is 6.48. The Morgan fingerprint density at radius 2 is 2.26 bits per heavy atom. The van der Waals surface area contributed by atoms with Crippen molar-refractivity contribution in [3.63, 3.8) is 0 Å². The van der Waals surface area contributed by atoms with Crippen LogP contribution in [0, 0.1) is 0 Å². The molecule has 2 fully saturated rings. The van der Waals surface area contributed by atoms with Gasteiger partial charge in [0.1, 0.15) is 0 Å². The lowest BCUT2D eigenvalue weighted by atomic mass is 10.1. The highest BCUT2D eigenvalue weighted by Crippen LogP contribution is 2.31. The van der Waals surface area contributed by atoms with E-state index in [1.165, 1.54) is 35.6 Å². The number of hydrogen-bond acceptors (Lipinski definition) is 3. The molecule has 0 bridgehead atoms. The molecule has 1 heterocycles. The van der Waals surface area contributed by atoms with Crippen LogP contribution < -0.4 is 10.2 Å². The molecule has 0 radical (unpaired) electrons. The molecule has 0 aromatic heterocycles. The van der Waals surface area contributed by atoms with Crippen LogP contribution in [0.4, 0.5) is 5.69 Å². The monoisotopic (exact) mass is 296 g/mol. The van der Waals surface area contributed by atoms with Gasteiger partial charge in [-0.1, -0.05) is 17.7 Å². The van der Waals surface area contributed by atoms with Gasteiger partial charge in [0.15, 0.2) is 0 Å². The van der Waals surface area contributed by atoms with E-state index in [9.17, 15) is 0 Å². The van der Waals surface area contributed by atoms with Gasteiger partial charge in [0.2, 0.25) is 0 Å². The summed E-state index contributed by atoms with van der Waals surface area (Å²) >= 11 is 8.52. The SMILES string of the molecule is CC1CSCCN1c1ccc(CNC2CC2)cc1Cl. The Balaban J connectivity index is 1.70. The molecule has 1 saturated heterocycles. The molecule has 3 rings (SSSR count). The molecule has 2 aliphatic rings. The first-order chi connectivity index (χ1) is 9.24. The molecule has 1 aromatic carbocycles. The van der Waals surface area contributed by atoms with E-state index in [0.29, 0.717) is 6.04 Å². The zero-order valence-electron chi connectivity index (χ0n) is 11.4. The summed E-state index contributed by atoms with van der Waals surface area (Å²) in [4.78, 5) is 2.44. The first-order valence-electron chi connectivity index (χ1n) is 7.10. The predicted molar refractivity (Wildman–Crippen MR) is 85.4 cm³/mol. The fourth-order valence-corrected chi connectivity index (χ4v) is 3.85. The minimum absolute atomic E-state index is 0.576. The molecule has 1 atom stereocenters. The lowest BCUT2D eigenvalue weighted by molar-refractivity contribution is 0.685. The van der Waals surface area contributed by atoms with Crippen molar-refractivity contribution in [3.05, 3.63) is 28.8 Å². The molecule has 1 unspecified atom stereocenters. The fourth-order valence-electron chi connectivity index (χ4n) is 2.53. The molecule has 4 heteroatoms. The van der Waals surface area contributed by atoms with Gasteiger partial charge < -0.3 is 10.2 Å². The first kappa shape index (κ1) is 13.6. The Hall–Kier alpha value is -0.380.